The predicted octanol–water partition coefficient (Wildman–Crippen LogP) is 2.71. The fourth-order valence-corrected chi connectivity index (χ4v) is 3.69. The van der Waals surface area contributed by atoms with Gasteiger partial charge in [0, 0.05) is 43.2 Å². The maximum Gasteiger partial charge on any atom is 0.341 e. The van der Waals surface area contributed by atoms with Crippen molar-refractivity contribution in [1.82, 2.24) is 24.8 Å². The van der Waals surface area contributed by atoms with E-state index in [1.165, 1.54) is 0 Å². The normalized spacial score (nSPS) is 17.2. The van der Waals surface area contributed by atoms with Crippen LogP contribution in [-0.4, -0.2) is 55.6 Å². The Morgan fingerprint density at radius 1 is 1.31 bits per heavy atom. The Labute approximate surface area is 168 Å². The number of aliphatic carboxylic acids is 1. The van der Waals surface area contributed by atoms with E-state index in [4.69, 9.17) is 14.8 Å². The number of nitrogens with zero attached hydrogens (tertiary/aromatic N) is 4. The number of hydrogen-bond acceptors (Lipinski definition) is 6. The van der Waals surface area contributed by atoms with Crippen LogP contribution in [0.3, 0.4) is 0 Å². The third kappa shape index (κ3) is 4.78. The molecule has 8 nitrogen and oxygen atoms in total. The van der Waals surface area contributed by atoms with Gasteiger partial charge in [-0.15, -0.1) is 0 Å². The lowest BCUT2D eigenvalue weighted by molar-refractivity contribution is -0.139. The summed E-state index contributed by atoms with van der Waals surface area (Å²) in [7, 11) is 0. The van der Waals surface area contributed by atoms with Gasteiger partial charge < -0.3 is 14.8 Å². The number of hydrogen-bond donors (Lipinski definition) is 2. The quantitative estimate of drug-likeness (QED) is 0.636. The van der Waals surface area contributed by atoms with Crippen molar-refractivity contribution in [3.63, 3.8) is 0 Å². The highest BCUT2D eigenvalue weighted by Crippen LogP contribution is 2.29. The lowest BCUT2D eigenvalue weighted by Crippen LogP contribution is -2.34. The number of para-hydroxylation sites is 1. The van der Waals surface area contributed by atoms with Gasteiger partial charge in [-0.2, -0.15) is 0 Å². The summed E-state index contributed by atoms with van der Waals surface area (Å²) in [5.74, 6) is 0.652. The molecule has 8 heteroatoms. The topological polar surface area (TPSA) is 104 Å². The molecule has 1 saturated heterocycles. The maximum absolute atomic E-state index is 10.8. The summed E-state index contributed by atoms with van der Waals surface area (Å²) in [6, 6.07) is 7.61. The zero-order chi connectivity index (χ0) is 20.1. The van der Waals surface area contributed by atoms with Crippen molar-refractivity contribution in [2.75, 3.05) is 19.7 Å². The molecule has 1 unspecified atom stereocenters. The molecule has 1 fully saturated rings. The average Bonchev–Trinajstić information content (AvgIpc) is 3.28. The molecule has 0 spiro atoms. The SMILES string of the molecule is O=C(O)COc1ccccc1CN1CCCC(c2cncc(-c3ncc[nH]3)n2)C1. The summed E-state index contributed by atoms with van der Waals surface area (Å²) in [5, 5.41) is 8.88. The number of aromatic nitrogens is 4. The number of piperidine rings is 1. The molecule has 2 aromatic heterocycles. The number of likely N-dealkylation sites (tertiary alicyclic amines) is 1. The fourth-order valence-electron chi connectivity index (χ4n) is 3.69. The van der Waals surface area contributed by atoms with Gasteiger partial charge in [-0.1, -0.05) is 18.2 Å². The lowest BCUT2D eigenvalue weighted by atomic mass is 9.94. The number of benzene rings is 1. The molecular weight excluding hydrogens is 370 g/mol. The highest BCUT2D eigenvalue weighted by Gasteiger charge is 2.24. The van der Waals surface area contributed by atoms with Gasteiger partial charge in [-0.05, 0) is 25.5 Å². The summed E-state index contributed by atoms with van der Waals surface area (Å²) in [6.45, 7) is 2.21. The van der Waals surface area contributed by atoms with Gasteiger partial charge in [-0.25, -0.2) is 14.8 Å². The molecule has 2 N–H and O–H groups in total. The molecule has 150 valence electrons. The number of nitrogens with one attached hydrogen (secondary N) is 1. The first-order valence-electron chi connectivity index (χ1n) is 9.65. The van der Waals surface area contributed by atoms with E-state index in [-0.39, 0.29) is 6.61 Å². The van der Waals surface area contributed by atoms with Crippen LogP contribution in [0.15, 0.2) is 49.1 Å². The molecule has 1 aliphatic rings. The highest BCUT2D eigenvalue weighted by atomic mass is 16.5. The maximum atomic E-state index is 10.8. The van der Waals surface area contributed by atoms with E-state index >= 15 is 0 Å². The Hall–Kier alpha value is -3.26. The Morgan fingerprint density at radius 2 is 2.21 bits per heavy atom. The summed E-state index contributed by atoms with van der Waals surface area (Å²) >= 11 is 0. The van der Waals surface area contributed by atoms with Crippen LogP contribution in [0.5, 0.6) is 5.75 Å². The first-order chi connectivity index (χ1) is 14.2. The van der Waals surface area contributed by atoms with Crippen molar-refractivity contribution in [3.8, 4) is 17.3 Å². The molecule has 0 aliphatic carbocycles. The van der Waals surface area contributed by atoms with Gasteiger partial charge in [0.1, 0.15) is 11.4 Å². The first-order valence-corrected chi connectivity index (χ1v) is 9.65. The van der Waals surface area contributed by atoms with Crippen LogP contribution in [0.4, 0.5) is 0 Å². The molecule has 1 aromatic carbocycles. The van der Waals surface area contributed by atoms with Crippen molar-refractivity contribution in [2.24, 2.45) is 0 Å². The summed E-state index contributed by atoms with van der Waals surface area (Å²) < 4.78 is 5.45. The minimum atomic E-state index is -0.979. The molecule has 4 rings (SSSR count). The van der Waals surface area contributed by atoms with Gasteiger partial charge in [0.25, 0.3) is 0 Å². The van der Waals surface area contributed by atoms with Crippen molar-refractivity contribution in [1.29, 1.82) is 0 Å². The monoisotopic (exact) mass is 393 g/mol. The van der Waals surface area contributed by atoms with Gasteiger partial charge in [-0.3, -0.25) is 9.88 Å². The largest absolute Gasteiger partial charge is 0.482 e. The molecular formula is C21H23N5O3. The van der Waals surface area contributed by atoms with Crippen LogP contribution in [0.25, 0.3) is 11.5 Å². The molecule has 3 aromatic rings. The Kier molecular flexibility index (Phi) is 5.81. The van der Waals surface area contributed by atoms with Gasteiger partial charge >= 0.3 is 5.97 Å². The Morgan fingerprint density at radius 3 is 3.03 bits per heavy atom. The van der Waals surface area contributed by atoms with Crippen molar-refractivity contribution >= 4 is 5.97 Å². The van der Waals surface area contributed by atoms with Gasteiger partial charge in [0.15, 0.2) is 12.4 Å². The number of carboxylic acids is 1. The average molecular weight is 393 g/mol. The number of carbonyl (C=O) groups is 1. The predicted molar refractivity (Wildman–Crippen MR) is 106 cm³/mol. The van der Waals surface area contributed by atoms with Crippen molar-refractivity contribution in [2.45, 2.75) is 25.3 Å². The van der Waals surface area contributed by atoms with E-state index in [2.05, 4.69) is 19.9 Å². The zero-order valence-electron chi connectivity index (χ0n) is 16.0. The van der Waals surface area contributed by atoms with Crippen LogP contribution in [0.1, 0.15) is 30.0 Å². The van der Waals surface area contributed by atoms with E-state index in [0.29, 0.717) is 18.2 Å². The molecule has 0 radical (unpaired) electrons. The lowest BCUT2D eigenvalue weighted by Gasteiger charge is -2.32. The molecule has 29 heavy (non-hydrogen) atoms. The van der Waals surface area contributed by atoms with Crippen LogP contribution < -0.4 is 4.74 Å². The molecule has 0 bridgehead atoms. The number of carboxylic acid groups (broad SMARTS) is 1. The Bertz CT molecular complexity index is 960. The molecule has 1 atom stereocenters. The summed E-state index contributed by atoms with van der Waals surface area (Å²) in [5.41, 5.74) is 2.71. The van der Waals surface area contributed by atoms with E-state index in [1.807, 2.05) is 30.5 Å². The van der Waals surface area contributed by atoms with E-state index < -0.39 is 5.97 Å². The van der Waals surface area contributed by atoms with Gasteiger partial charge in [0.2, 0.25) is 0 Å². The second-order valence-electron chi connectivity index (χ2n) is 7.13. The molecule has 0 saturated carbocycles. The smallest absolute Gasteiger partial charge is 0.341 e. The second kappa shape index (κ2) is 8.83. The second-order valence-corrected chi connectivity index (χ2v) is 7.13. The molecule has 1 aliphatic heterocycles. The van der Waals surface area contributed by atoms with Crippen LogP contribution >= 0.6 is 0 Å². The minimum Gasteiger partial charge on any atom is -0.482 e. The minimum absolute atomic E-state index is 0.290. The van der Waals surface area contributed by atoms with E-state index in [9.17, 15) is 4.79 Å². The summed E-state index contributed by atoms with van der Waals surface area (Å²) in [4.78, 5) is 29.7. The standard InChI is InChI=1S/C21H23N5O3/c27-20(28)14-29-19-6-2-1-4-16(19)13-26-9-3-5-15(12-26)17-10-22-11-18(25-17)21-23-7-8-24-21/h1-2,4,6-8,10-11,15H,3,5,9,12-14H2,(H,23,24)(H,27,28). The zero-order valence-corrected chi connectivity index (χ0v) is 16.0. The van der Waals surface area contributed by atoms with Crippen LogP contribution in [0.2, 0.25) is 0 Å². The van der Waals surface area contributed by atoms with E-state index in [0.717, 1.165) is 48.7 Å². The number of ether oxygens (including phenoxy) is 1. The summed E-state index contributed by atoms with van der Waals surface area (Å²) in [6.07, 6.45) is 9.16. The number of rotatable bonds is 7. The van der Waals surface area contributed by atoms with Gasteiger partial charge in [0.05, 0.1) is 11.9 Å². The van der Waals surface area contributed by atoms with Crippen LogP contribution in [-0.2, 0) is 11.3 Å². The fraction of sp³-hybridized carbons (Fsp3) is 0.333. The van der Waals surface area contributed by atoms with Crippen molar-refractivity contribution < 1.29 is 14.6 Å². The number of imidazole rings is 1. The first kappa shape index (κ1) is 19.1. The third-order valence-corrected chi connectivity index (χ3v) is 5.04. The number of aromatic amines is 1. The number of H-pyrrole nitrogens is 1. The molecule has 0 amide bonds. The van der Waals surface area contributed by atoms with Crippen LogP contribution in [0, 0.1) is 0 Å². The van der Waals surface area contributed by atoms with Crippen molar-refractivity contribution in [3.05, 3.63) is 60.3 Å². The Balaban J connectivity index is 1.46. The molecule has 3 heterocycles. The van der Waals surface area contributed by atoms with E-state index in [1.54, 1.807) is 18.6 Å². The third-order valence-electron chi connectivity index (χ3n) is 5.04. The highest BCUT2D eigenvalue weighted by molar-refractivity contribution is 5.68.